The number of methoxy groups -OCH3 is 1. The fourth-order valence-corrected chi connectivity index (χ4v) is 3.04. The number of hydrogen-bond acceptors (Lipinski definition) is 3. The lowest BCUT2D eigenvalue weighted by atomic mass is 9.98. The number of nitrogens with one attached hydrogen (secondary N) is 1. The van der Waals surface area contributed by atoms with Gasteiger partial charge in [0, 0.05) is 29.9 Å². The zero-order valence-electron chi connectivity index (χ0n) is 15.2. The first-order valence-electron chi connectivity index (χ1n) is 8.91. The maximum absolute atomic E-state index is 12.5. The summed E-state index contributed by atoms with van der Waals surface area (Å²) in [7, 11) is 1.59. The molecule has 1 heterocycles. The molecule has 0 unspecified atom stereocenters. The van der Waals surface area contributed by atoms with Crippen molar-refractivity contribution in [2.75, 3.05) is 25.5 Å². The molecule has 0 atom stereocenters. The van der Waals surface area contributed by atoms with Crippen LogP contribution < -0.4 is 10.1 Å². The molecule has 0 aromatic heterocycles. The van der Waals surface area contributed by atoms with Crippen LogP contribution in [-0.2, 0) is 0 Å². The second kappa shape index (κ2) is 8.04. The third-order valence-corrected chi connectivity index (χ3v) is 4.81. The van der Waals surface area contributed by atoms with Crippen LogP contribution in [0.4, 0.5) is 5.69 Å². The van der Waals surface area contributed by atoms with Crippen molar-refractivity contribution in [3.63, 3.8) is 0 Å². The van der Waals surface area contributed by atoms with Crippen LogP contribution in [0.25, 0.3) is 0 Å². The summed E-state index contributed by atoms with van der Waals surface area (Å²) >= 11 is 0. The van der Waals surface area contributed by atoms with E-state index in [9.17, 15) is 9.59 Å². The molecule has 136 valence electrons. The van der Waals surface area contributed by atoms with Crippen LogP contribution in [0.5, 0.6) is 5.75 Å². The molecule has 0 spiro atoms. The van der Waals surface area contributed by atoms with Gasteiger partial charge in [0.25, 0.3) is 11.8 Å². The first kappa shape index (κ1) is 18.0. The second-order valence-corrected chi connectivity index (χ2v) is 6.73. The second-order valence-electron chi connectivity index (χ2n) is 6.73. The summed E-state index contributed by atoms with van der Waals surface area (Å²) in [4.78, 5) is 26.7. The van der Waals surface area contributed by atoms with Gasteiger partial charge in [-0.15, -0.1) is 0 Å². The van der Waals surface area contributed by atoms with Crippen molar-refractivity contribution >= 4 is 17.5 Å². The van der Waals surface area contributed by atoms with Crippen molar-refractivity contribution in [1.82, 2.24) is 4.90 Å². The average Bonchev–Trinajstić information content (AvgIpc) is 2.68. The van der Waals surface area contributed by atoms with Crippen molar-refractivity contribution in [3.8, 4) is 5.75 Å². The minimum absolute atomic E-state index is 0.0601. The van der Waals surface area contributed by atoms with E-state index < -0.39 is 0 Å². The van der Waals surface area contributed by atoms with Crippen molar-refractivity contribution in [2.24, 2.45) is 5.92 Å². The molecule has 1 N–H and O–H groups in total. The predicted octanol–water partition coefficient (Wildman–Crippen LogP) is 3.82. The highest BCUT2D eigenvalue weighted by atomic mass is 16.5. The van der Waals surface area contributed by atoms with E-state index in [0.29, 0.717) is 28.5 Å². The fraction of sp³-hybridized carbons (Fsp3) is 0.333. The Hall–Kier alpha value is -2.82. The third-order valence-electron chi connectivity index (χ3n) is 4.81. The molecule has 0 saturated carbocycles. The van der Waals surface area contributed by atoms with Gasteiger partial charge < -0.3 is 15.0 Å². The van der Waals surface area contributed by atoms with Gasteiger partial charge in [0.2, 0.25) is 0 Å². The monoisotopic (exact) mass is 352 g/mol. The van der Waals surface area contributed by atoms with Crippen molar-refractivity contribution in [3.05, 3.63) is 59.7 Å². The van der Waals surface area contributed by atoms with E-state index in [0.717, 1.165) is 25.9 Å². The zero-order chi connectivity index (χ0) is 18.5. The molecule has 2 aromatic carbocycles. The van der Waals surface area contributed by atoms with Crippen LogP contribution in [-0.4, -0.2) is 36.9 Å². The Bertz CT molecular complexity index is 761. The molecule has 26 heavy (non-hydrogen) atoms. The number of amides is 2. The summed E-state index contributed by atoms with van der Waals surface area (Å²) in [5, 5.41) is 2.84. The van der Waals surface area contributed by atoms with Gasteiger partial charge in [0.1, 0.15) is 5.75 Å². The number of hydrogen-bond donors (Lipinski definition) is 1. The summed E-state index contributed by atoms with van der Waals surface area (Å²) < 4.78 is 5.09. The first-order chi connectivity index (χ1) is 12.6. The number of carbonyl (C=O) groups excluding carboxylic acids is 2. The van der Waals surface area contributed by atoms with Gasteiger partial charge in [0.15, 0.2) is 0 Å². The molecule has 1 saturated heterocycles. The number of nitrogens with zero attached hydrogens (tertiary/aromatic N) is 1. The molecule has 1 aliphatic heterocycles. The Morgan fingerprint density at radius 3 is 2.12 bits per heavy atom. The number of anilines is 1. The smallest absolute Gasteiger partial charge is 0.255 e. The van der Waals surface area contributed by atoms with Crippen LogP contribution in [0.1, 0.15) is 40.5 Å². The zero-order valence-corrected chi connectivity index (χ0v) is 15.2. The first-order valence-corrected chi connectivity index (χ1v) is 8.91. The maximum atomic E-state index is 12.5. The molecule has 0 bridgehead atoms. The standard InChI is InChI=1S/C21H24N2O3/c1-15-11-13-23(14-12-15)21(25)17-3-7-18(8-4-17)22-20(24)16-5-9-19(26-2)10-6-16/h3-10,15H,11-14H2,1-2H3,(H,22,24). The topological polar surface area (TPSA) is 58.6 Å². The van der Waals surface area contributed by atoms with Crippen LogP contribution in [0.3, 0.4) is 0 Å². The van der Waals surface area contributed by atoms with E-state index in [-0.39, 0.29) is 11.8 Å². The van der Waals surface area contributed by atoms with Gasteiger partial charge in [-0.1, -0.05) is 6.92 Å². The summed E-state index contributed by atoms with van der Waals surface area (Å²) in [5.41, 5.74) is 1.87. The molecule has 5 nitrogen and oxygen atoms in total. The van der Waals surface area contributed by atoms with E-state index in [1.165, 1.54) is 0 Å². The minimum atomic E-state index is -0.197. The van der Waals surface area contributed by atoms with Crippen LogP contribution >= 0.6 is 0 Å². The van der Waals surface area contributed by atoms with Gasteiger partial charge in [-0.05, 0) is 67.3 Å². The van der Waals surface area contributed by atoms with Crippen LogP contribution in [0.15, 0.2) is 48.5 Å². The van der Waals surface area contributed by atoms with Gasteiger partial charge >= 0.3 is 0 Å². The number of benzene rings is 2. The third kappa shape index (κ3) is 4.23. The number of ether oxygens (including phenoxy) is 1. The maximum Gasteiger partial charge on any atom is 0.255 e. The quantitative estimate of drug-likeness (QED) is 0.910. The highest BCUT2D eigenvalue weighted by Crippen LogP contribution is 2.19. The van der Waals surface area contributed by atoms with E-state index in [1.54, 1.807) is 55.6 Å². The largest absolute Gasteiger partial charge is 0.497 e. The highest BCUT2D eigenvalue weighted by Gasteiger charge is 2.21. The SMILES string of the molecule is COc1ccc(C(=O)Nc2ccc(C(=O)N3CCC(C)CC3)cc2)cc1. The van der Waals surface area contributed by atoms with Gasteiger partial charge in [-0.25, -0.2) is 0 Å². The van der Waals surface area contributed by atoms with Crippen molar-refractivity contribution in [2.45, 2.75) is 19.8 Å². The molecule has 0 aliphatic carbocycles. The van der Waals surface area contributed by atoms with Crippen LogP contribution in [0.2, 0.25) is 0 Å². The summed E-state index contributed by atoms with van der Waals surface area (Å²) in [6, 6.07) is 14.0. The van der Waals surface area contributed by atoms with Crippen molar-refractivity contribution in [1.29, 1.82) is 0 Å². The number of carbonyl (C=O) groups is 2. The van der Waals surface area contributed by atoms with E-state index >= 15 is 0 Å². The van der Waals surface area contributed by atoms with Gasteiger partial charge in [-0.2, -0.15) is 0 Å². The molecular formula is C21H24N2O3. The van der Waals surface area contributed by atoms with E-state index in [1.807, 2.05) is 4.90 Å². The Morgan fingerprint density at radius 2 is 1.54 bits per heavy atom. The molecule has 2 aromatic rings. The Labute approximate surface area is 154 Å². The molecular weight excluding hydrogens is 328 g/mol. The summed E-state index contributed by atoms with van der Waals surface area (Å²) in [5.74, 6) is 1.26. The lowest BCUT2D eigenvalue weighted by Gasteiger charge is -2.30. The summed E-state index contributed by atoms with van der Waals surface area (Å²) in [6.07, 6.45) is 2.11. The Morgan fingerprint density at radius 1 is 0.962 bits per heavy atom. The van der Waals surface area contributed by atoms with E-state index in [4.69, 9.17) is 4.74 Å². The predicted molar refractivity (Wildman–Crippen MR) is 102 cm³/mol. The molecule has 2 amide bonds. The lowest BCUT2D eigenvalue weighted by molar-refractivity contribution is 0.0697. The van der Waals surface area contributed by atoms with E-state index in [2.05, 4.69) is 12.2 Å². The number of rotatable bonds is 4. The molecule has 1 fully saturated rings. The molecule has 0 radical (unpaired) electrons. The average molecular weight is 352 g/mol. The van der Waals surface area contributed by atoms with Gasteiger partial charge in [-0.3, -0.25) is 9.59 Å². The molecule has 3 rings (SSSR count). The number of piperidine rings is 1. The minimum Gasteiger partial charge on any atom is -0.497 e. The highest BCUT2D eigenvalue weighted by molar-refractivity contribution is 6.04. The molecule has 5 heteroatoms. The Kier molecular flexibility index (Phi) is 5.56. The molecule has 1 aliphatic rings. The normalized spacial score (nSPS) is 14.8. The Balaban J connectivity index is 1.61. The van der Waals surface area contributed by atoms with Gasteiger partial charge in [0.05, 0.1) is 7.11 Å². The van der Waals surface area contributed by atoms with Crippen molar-refractivity contribution < 1.29 is 14.3 Å². The summed E-state index contributed by atoms with van der Waals surface area (Å²) in [6.45, 7) is 3.86. The lowest BCUT2D eigenvalue weighted by Crippen LogP contribution is -2.37. The number of likely N-dealkylation sites (tertiary alicyclic amines) is 1. The van der Waals surface area contributed by atoms with Crippen LogP contribution in [0, 0.1) is 5.92 Å². The fourth-order valence-electron chi connectivity index (χ4n) is 3.04.